The number of hydrogen-bond acceptors (Lipinski definition) is 6. The van der Waals surface area contributed by atoms with Gasteiger partial charge in [0.2, 0.25) is 0 Å². The second-order valence-corrected chi connectivity index (χ2v) is 9.57. The van der Waals surface area contributed by atoms with Crippen LogP contribution in [0.5, 0.6) is 0 Å². The average Bonchev–Trinajstić information content (AvgIpc) is 3.35. The lowest BCUT2D eigenvalue weighted by atomic mass is 9.91. The van der Waals surface area contributed by atoms with E-state index in [1.165, 1.54) is 15.8 Å². The van der Waals surface area contributed by atoms with Crippen LogP contribution in [0, 0.1) is 0 Å². The zero-order valence-electron chi connectivity index (χ0n) is 18.4. The van der Waals surface area contributed by atoms with Gasteiger partial charge in [-0.05, 0) is 42.0 Å². The third kappa shape index (κ3) is 3.92. The first-order valence-electron chi connectivity index (χ1n) is 11.4. The molecule has 168 valence electrons. The Kier molecular flexibility index (Phi) is 5.47. The fourth-order valence-corrected chi connectivity index (χ4v) is 5.66. The van der Waals surface area contributed by atoms with Crippen molar-refractivity contribution >= 4 is 22.5 Å². The summed E-state index contributed by atoms with van der Waals surface area (Å²) >= 11 is 1.60. The Morgan fingerprint density at radius 3 is 2.56 bits per heavy atom. The van der Waals surface area contributed by atoms with E-state index in [1.54, 1.807) is 11.8 Å². The van der Waals surface area contributed by atoms with Crippen LogP contribution in [0.15, 0.2) is 93.3 Å². The number of aryl methyl sites for hydroxylation is 1. The SMILES string of the molecule is O=c1c2ccccc2c(-c2nnc(SC3CCCc4ccccc43)o2)nn1Cc1ccccc1. The Bertz CT molecular complexity index is 1530. The number of thioether (sulfide) groups is 1. The van der Waals surface area contributed by atoms with Gasteiger partial charge in [-0.15, -0.1) is 10.2 Å². The highest BCUT2D eigenvalue weighted by Crippen LogP contribution is 2.43. The van der Waals surface area contributed by atoms with Gasteiger partial charge in [0.25, 0.3) is 16.7 Å². The molecule has 1 atom stereocenters. The van der Waals surface area contributed by atoms with E-state index >= 15 is 0 Å². The lowest BCUT2D eigenvalue weighted by Gasteiger charge is -2.23. The second kappa shape index (κ2) is 8.91. The summed E-state index contributed by atoms with van der Waals surface area (Å²) in [6.45, 7) is 0.367. The highest BCUT2D eigenvalue weighted by atomic mass is 32.2. The fraction of sp³-hybridized carbons (Fsp3) is 0.185. The molecule has 1 aliphatic carbocycles. The van der Waals surface area contributed by atoms with Gasteiger partial charge in [-0.2, -0.15) is 5.10 Å². The molecule has 0 amide bonds. The summed E-state index contributed by atoms with van der Waals surface area (Å²) in [6, 6.07) is 25.8. The van der Waals surface area contributed by atoms with Gasteiger partial charge in [0, 0.05) is 10.6 Å². The Morgan fingerprint density at radius 1 is 0.912 bits per heavy atom. The minimum absolute atomic E-state index is 0.142. The van der Waals surface area contributed by atoms with Crippen molar-refractivity contribution in [2.75, 3.05) is 0 Å². The average molecular weight is 467 g/mol. The molecular formula is C27H22N4O2S. The van der Waals surface area contributed by atoms with E-state index in [0.29, 0.717) is 34.1 Å². The second-order valence-electron chi connectivity index (χ2n) is 8.41. The lowest BCUT2D eigenvalue weighted by Crippen LogP contribution is -2.24. The van der Waals surface area contributed by atoms with Crippen LogP contribution in [0.4, 0.5) is 0 Å². The van der Waals surface area contributed by atoms with E-state index in [4.69, 9.17) is 4.42 Å². The van der Waals surface area contributed by atoms with Crippen molar-refractivity contribution in [2.24, 2.45) is 0 Å². The van der Waals surface area contributed by atoms with Gasteiger partial charge < -0.3 is 4.42 Å². The van der Waals surface area contributed by atoms with Gasteiger partial charge in [0.05, 0.1) is 11.9 Å². The largest absolute Gasteiger partial charge is 0.409 e. The van der Waals surface area contributed by atoms with Crippen molar-refractivity contribution in [1.29, 1.82) is 0 Å². The van der Waals surface area contributed by atoms with Crippen LogP contribution in [0.2, 0.25) is 0 Å². The number of nitrogens with zero attached hydrogens (tertiary/aromatic N) is 4. The third-order valence-electron chi connectivity index (χ3n) is 6.21. The smallest absolute Gasteiger partial charge is 0.277 e. The van der Waals surface area contributed by atoms with Crippen LogP contribution >= 0.6 is 11.8 Å². The first kappa shape index (κ1) is 20.9. The maximum atomic E-state index is 13.1. The number of benzene rings is 3. The summed E-state index contributed by atoms with van der Waals surface area (Å²) in [4.78, 5) is 13.1. The van der Waals surface area contributed by atoms with Crippen LogP contribution in [-0.2, 0) is 13.0 Å². The van der Waals surface area contributed by atoms with Crippen molar-refractivity contribution in [3.63, 3.8) is 0 Å². The van der Waals surface area contributed by atoms with Crippen LogP contribution < -0.4 is 5.56 Å². The zero-order valence-corrected chi connectivity index (χ0v) is 19.2. The molecule has 2 heterocycles. The number of aromatic nitrogens is 4. The van der Waals surface area contributed by atoms with E-state index in [1.807, 2.05) is 54.6 Å². The van der Waals surface area contributed by atoms with Crippen molar-refractivity contribution in [2.45, 2.75) is 36.3 Å². The summed E-state index contributed by atoms with van der Waals surface area (Å²) < 4.78 is 7.58. The van der Waals surface area contributed by atoms with Gasteiger partial charge >= 0.3 is 0 Å². The number of rotatable bonds is 5. The lowest BCUT2D eigenvalue weighted by molar-refractivity contribution is 0.460. The number of fused-ring (bicyclic) bond motifs is 2. The molecule has 6 rings (SSSR count). The molecule has 0 radical (unpaired) electrons. The number of hydrogen-bond donors (Lipinski definition) is 0. The molecule has 5 aromatic rings. The molecule has 0 spiro atoms. The summed E-state index contributed by atoms with van der Waals surface area (Å²) in [5.74, 6) is 0.324. The van der Waals surface area contributed by atoms with Gasteiger partial charge in [0.1, 0.15) is 0 Å². The van der Waals surface area contributed by atoms with Crippen LogP contribution in [0.25, 0.3) is 22.4 Å². The van der Waals surface area contributed by atoms with Crippen molar-refractivity contribution < 1.29 is 4.42 Å². The van der Waals surface area contributed by atoms with E-state index in [9.17, 15) is 4.79 Å². The summed E-state index contributed by atoms with van der Waals surface area (Å²) in [6.07, 6.45) is 3.33. The van der Waals surface area contributed by atoms with Crippen LogP contribution in [0.3, 0.4) is 0 Å². The molecule has 3 aromatic carbocycles. The molecule has 0 saturated heterocycles. The minimum atomic E-state index is -0.142. The van der Waals surface area contributed by atoms with Gasteiger partial charge in [-0.3, -0.25) is 4.79 Å². The molecule has 2 aromatic heterocycles. The van der Waals surface area contributed by atoms with E-state index in [0.717, 1.165) is 24.8 Å². The van der Waals surface area contributed by atoms with Crippen molar-refractivity contribution in [3.8, 4) is 11.6 Å². The molecule has 6 nitrogen and oxygen atoms in total. The Balaban J connectivity index is 1.37. The maximum Gasteiger partial charge on any atom is 0.277 e. The zero-order chi connectivity index (χ0) is 22.9. The monoisotopic (exact) mass is 466 g/mol. The van der Waals surface area contributed by atoms with Crippen molar-refractivity contribution in [3.05, 3.63) is 106 Å². The summed E-state index contributed by atoms with van der Waals surface area (Å²) in [7, 11) is 0. The quantitative estimate of drug-likeness (QED) is 0.333. The maximum absolute atomic E-state index is 13.1. The van der Waals surface area contributed by atoms with Gasteiger partial charge in [-0.25, -0.2) is 4.68 Å². The molecule has 1 aliphatic rings. The van der Waals surface area contributed by atoms with E-state index < -0.39 is 0 Å². The summed E-state index contributed by atoms with van der Waals surface area (Å²) in [5, 5.41) is 15.4. The molecule has 0 fully saturated rings. The first-order valence-corrected chi connectivity index (χ1v) is 12.3. The standard InChI is InChI=1S/C27H22N4O2S/c32-26-22-15-7-6-14-21(22)24(30-31(26)17-18-9-2-1-3-10-18)25-28-29-27(33-25)34-23-16-8-12-19-11-4-5-13-20(19)23/h1-7,9-11,13-15,23H,8,12,16-17H2. The topological polar surface area (TPSA) is 73.8 Å². The molecule has 0 aliphatic heterocycles. The highest BCUT2D eigenvalue weighted by Gasteiger charge is 2.24. The van der Waals surface area contributed by atoms with Gasteiger partial charge in [0.15, 0.2) is 5.69 Å². The molecular weight excluding hydrogens is 444 g/mol. The predicted molar refractivity (Wildman–Crippen MR) is 133 cm³/mol. The van der Waals surface area contributed by atoms with Crippen LogP contribution in [0.1, 0.15) is 34.8 Å². The summed E-state index contributed by atoms with van der Waals surface area (Å²) in [5.41, 5.74) is 4.12. The third-order valence-corrected chi connectivity index (χ3v) is 7.35. The van der Waals surface area contributed by atoms with Crippen LogP contribution in [-0.4, -0.2) is 20.0 Å². The molecule has 34 heavy (non-hydrogen) atoms. The Morgan fingerprint density at radius 2 is 1.68 bits per heavy atom. The molecule has 0 bridgehead atoms. The highest BCUT2D eigenvalue weighted by molar-refractivity contribution is 7.99. The fourth-order valence-electron chi connectivity index (χ4n) is 4.56. The van der Waals surface area contributed by atoms with E-state index in [-0.39, 0.29) is 10.8 Å². The predicted octanol–water partition coefficient (Wildman–Crippen LogP) is 5.66. The molecule has 0 N–H and O–H groups in total. The molecule has 0 saturated carbocycles. The Hall–Kier alpha value is -3.71. The van der Waals surface area contributed by atoms with E-state index in [2.05, 4.69) is 39.6 Å². The Labute approximate surface area is 200 Å². The van der Waals surface area contributed by atoms with Crippen molar-refractivity contribution in [1.82, 2.24) is 20.0 Å². The molecule has 1 unspecified atom stereocenters. The van der Waals surface area contributed by atoms with Gasteiger partial charge in [-0.1, -0.05) is 84.6 Å². The minimum Gasteiger partial charge on any atom is -0.409 e. The molecule has 7 heteroatoms. The first-order chi connectivity index (χ1) is 16.8. The normalized spacial score (nSPS) is 15.4.